The van der Waals surface area contributed by atoms with Crippen LogP contribution in [-0.2, 0) is 20.0 Å². The molecular weight excluding hydrogens is 317 g/mol. The van der Waals surface area contributed by atoms with Gasteiger partial charge in [-0.2, -0.15) is 0 Å². The van der Waals surface area contributed by atoms with E-state index in [1.165, 1.54) is 18.4 Å². The van der Waals surface area contributed by atoms with Crippen molar-refractivity contribution in [3.63, 3.8) is 0 Å². The molecular formula is C17H22FNO3S. The molecule has 1 aromatic carbocycles. The van der Waals surface area contributed by atoms with Gasteiger partial charge < -0.3 is 4.90 Å². The van der Waals surface area contributed by atoms with Gasteiger partial charge in [-0.25, -0.2) is 12.8 Å². The van der Waals surface area contributed by atoms with E-state index in [2.05, 4.69) is 0 Å². The number of benzene rings is 1. The number of halogens is 1. The average Bonchev–Trinajstić information content (AvgIpc) is 3.31. The van der Waals surface area contributed by atoms with Crippen molar-refractivity contribution < 1.29 is 17.6 Å². The summed E-state index contributed by atoms with van der Waals surface area (Å²) >= 11 is 0. The number of carbonyl (C=O) groups is 1. The summed E-state index contributed by atoms with van der Waals surface area (Å²) in [6.07, 6.45) is 5.02. The molecule has 1 saturated heterocycles. The molecule has 1 amide bonds. The highest BCUT2D eigenvalue weighted by Crippen LogP contribution is 2.49. The summed E-state index contributed by atoms with van der Waals surface area (Å²) in [5.41, 5.74) is 0.268. The van der Waals surface area contributed by atoms with Crippen LogP contribution in [-0.4, -0.2) is 43.8 Å². The molecule has 1 unspecified atom stereocenters. The first kappa shape index (κ1) is 16.4. The molecule has 0 radical (unpaired) electrons. The van der Waals surface area contributed by atoms with Crippen LogP contribution in [0.5, 0.6) is 0 Å². The lowest BCUT2D eigenvalue weighted by molar-refractivity contribution is -0.133. The smallest absolute Gasteiger partial charge is 0.233 e. The van der Waals surface area contributed by atoms with Gasteiger partial charge in [0.25, 0.3) is 0 Å². The maximum absolute atomic E-state index is 13.1. The molecule has 1 atom stereocenters. The maximum atomic E-state index is 13.1. The summed E-state index contributed by atoms with van der Waals surface area (Å²) in [4.78, 5) is 14.7. The Morgan fingerprint density at radius 3 is 2.43 bits per heavy atom. The second-order valence-corrected chi connectivity index (χ2v) is 9.11. The van der Waals surface area contributed by atoms with Crippen LogP contribution < -0.4 is 0 Å². The molecule has 1 aliphatic carbocycles. The molecule has 1 heterocycles. The van der Waals surface area contributed by atoms with Crippen LogP contribution in [0.15, 0.2) is 24.3 Å². The molecule has 2 aliphatic rings. The van der Waals surface area contributed by atoms with Crippen LogP contribution in [0.25, 0.3) is 0 Å². The highest BCUT2D eigenvalue weighted by atomic mass is 32.2. The van der Waals surface area contributed by atoms with Gasteiger partial charge in [-0.15, -0.1) is 0 Å². The first-order chi connectivity index (χ1) is 10.8. The number of sulfone groups is 1. The van der Waals surface area contributed by atoms with Crippen LogP contribution in [0.1, 0.15) is 37.7 Å². The van der Waals surface area contributed by atoms with Crippen LogP contribution in [0.2, 0.25) is 0 Å². The third-order valence-electron chi connectivity index (χ3n) is 5.08. The van der Waals surface area contributed by atoms with Gasteiger partial charge in [-0.3, -0.25) is 4.79 Å². The maximum Gasteiger partial charge on any atom is 0.233 e. The van der Waals surface area contributed by atoms with Gasteiger partial charge in [-0.1, -0.05) is 18.6 Å². The van der Waals surface area contributed by atoms with E-state index in [9.17, 15) is 17.6 Å². The largest absolute Gasteiger partial charge is 0.341 e. The molecule has 1 saturated carbocycles. The van der Waals surface area contributed by atoms with Crippen molar-refractivity contribution in [3.05, 3.63) is 35.6 Å². The lowest BCUT2D eigenvalue weighted by Crippen LogP contribution is -2.44. The number of hydrogen-bond acceptors (Lipinski definition) is 3. The summed E-state index contributed by atoms with van der Waals surface area (Å²) in [6, 6.07) is 6.10. The van der Waals surface area contributed by atoms with Crippen molar-refractivity contribution in [2.75, 3.05) is 19.3 Å². The van der Waals surface area contributed by atoms with E-state index in [0.717, 1.165) is 31.2 Å². The monoisotopic (exact) mass is 339 g/mol. The molecule has 0 aromatic heterocycles. The quantitative estimate of drug-likeness (QED) is 0.849. The summed E-state index contributed by atoms with van der Waals surface area (Å²) in [5.74, 6) is -0.316. The average molecular weight is 339 g/mol. The molecule has 2 fully saturated rings. The molecule has 1 aliphatic heterocycles. The number of amides is 1. The predicted molar refractivity (Wildman–Crippen MR) is 86.4 cm³/mol. The van der Waals surface area contributed by atoms with Crippen molar-refractivity contribution in [3.8, 4) is 0 Å². The molecule has 1 aromatic rings. The van der Waals surface area contributed by atoms with E-state index in [4.69, 9.17) is 0 Å². The molecule has 23 heavy (non-hydrogen) atoms. The van der Waals surface area contributed by atoms with E-state index in [1.54, 1.807) is 17.0 Å². The molecule has 0 bridgehead atoms. The van der Waals surface area contributed by atoms with Crippen LogP contribution in [0.3, 0.4) is 0 Å². The summed E-state index contributed by atoms with van der Waals surface area (Å²) in [7, 11) is -3.15. The van der Waals surface area contributed by atoms with Crippen molar-refractivity contribution in [2.24, 2.45) is 0 Å². The first-order valence-electron chi connectivity index (χ1n) is 8.07. The van der Waals surface area contributed by atoms with Gasteiger partial charge in [0.15, 0.2) is 9.84 Å². The fourth-order valence-corrected chi connectivity index (χ4v) is 4.51. The van der Waals surface area contributed by atoms with Crippen molar-refractivity contribution in [1.29, 1.82) is 0 Å². The third kappa shape index (κ3) is 3.27. The Hall–Kier alpha value is -1.43. The highest BCUT2D eigenvalue weighted by Gasteiger charge is 2.53. The van der Waals surface area contributed by atoms with Crippen molar-refractivity contribution >= 4 is 15.7 Å². The Morgan fingerprint density at radius 1 is 1.22 bits per heavy atom. The Balaban J connectivity index is 1.82. The Kier molecular flexibility index (Phi) is 4.21. The Bertz CT molecular complexity index is 695. The van der Waals surface area contributed by atoms with E-state index in [0.29, 0.717) is 13.0 Å². The van der Waals surface area contributed by atoms with Crippen LogP contribution in [0, 0.1) is 5.82 Å². The standard InChI is InChI=1S/C17H22FNO3S/c1-23(21,22)15-4-2-3-11-19(12-15)16(20)17(9-10-17)13-5-7-14(18)8-6-13/h5-8,15H,2-4,9-12H2,1H3. The molecule has 0 N–H and O–H groups in total. The first-order valence-corrected chi connectivity index (χ1v) is 10.0. The minimum atomic E-state index is -3.15. The minimum absolute atomic E-state index is 0.000317. The second-order valence-electron chi connectivity index (χ2n) is 6.79. The number of likely N-dealkylation sites (tertiary alicyclic amines) is 1. The SMILES string of the molecule is CS(=O)(=O)C1CCCCN(C(=O)C2(c3ccc(F)cc3)CC2)C1. The predicted octanol–water partition coefficient (Wildman–Crippen LogP) is 2.28. The van der Waals surface area contributed by atoms with Gasteiger partial charge in [0.05, 0.1) is 10.7 Å². The van der Waals surface area contributed by atoms with E-state index >= 15 is 0 Å². The van der Waals surface area contributed by atoms with E-state index < -0.39 is 20.5 Å². The fourth-order valence-electron chi connectivity index (χ4n) is 3.46. The topological polar surface area (TPSA) is 54.5 Å². The van der Waals surface area contributed by atoms with Crippen molar-refractivity contribution in [1.82, 2.24) is 4.90 Å². The summed E-state index contributed by atoms with van der Waals surface area (Å²) in [5, 5.41) is -0.474. The van der Waals surface area contributed by atoms with Crippen LogP contribution >= 0.6 is 0 Å². The second kappa shape index (κ2) is 5.89. The Labute approximate surface area is 136 Å². The molecule has 3 rings (SSSR count). The van der Waals surface area contributed by atoms with Gasteiger partial charge in [0, 0.05) is 19.3 Å². The fraction of sp³-hybridized carbons (Fsp3) is 0.588. The number of carbonyl (C=O) groups excluding carboxylic acids is 1. The lowest BCUT2D eigenvalue weighted by atomic mass is 9.94. The zero-order valence-electron chi connectivity index (χ0n) is 13.3. The van der Waals surface area contributed by atoms with Gasteiger partial charge in [0.1, 0.15) is 5.82 Å². The number of nitrogens with zero attached hydrogens (tertiary/aromatic N) is 1. The lowest BCUT2D eigenvalue weighted by Gasteiger charge is -2.28. The number of hydrogen-bond donors (Lipinski definition) is 0. The zero-order valence-corrected chi connectivity index (χ0v) is 14.1. The zero-order chi connectivity index (χ0) is 16.7. The number of rotatable bonds is 3. The van der Waals surface area contributed by atoms with E-state index in [-0.39, 0.29) is 18.3 Å². The Morgan fingerprint density at radius 2 is 1.87 bits per heavy atom. The molecule has 0 spiro atoms. The summed E-state index contributed by atoms with van der Waals surface area (Å²) < 4.78 is 36.9. The third-order valence-corrected chi connectivity index (χ3v) is 6.67. The van der Waals surface area contributed by atoms with Crippen molar-refractivity contribution in [2.45, 2.75) is 42.8 Å². The normalized spacial score (nSPS) is 24.1. The minimum Gasteiger partial charge on any atom is -0.341 e. The van der Waals surface area contributed by atoms with E-state index in [1.807, 2.05) is 0 Å². The summed E-state index contributed by atoms with van der Waals surface area (Å²) in [6.45, 7) is 0.883. The molecule has 126 valence electrons. The molecule has 6 heteroatoms. The van der Waals surface area contributed by atoms with Gasteiger partial charge in [0.2, 0.25) is 5.91 Å². The molecule has 4 nitrogen and oxygen atoms in total. The van der Waals surface area contributed by atoms with Gasteiger partial charge >= 0.3 is 0 Å². The van der Waals surface area contributed by atoms with Gasteiger partial charge in [-0.05, 0) is 43.4 Å². The highest BCUT2D eigenvalue weighted by molar-refractivity contribution is 7.91. The van der Waals surface area contributed by atoms with Crippen LogP contribution in [0.4, 0.5) is 4.39 Å².